The standard InChI is InChI=1S/C11H23NO3S/c1-10(2)16(13,14)8-7-15-11(9-12)5-3-4-6-11/h10H,3-9,12H2,1-2H3. The minimum absolute atomic E-state index is 0.104. The number of ether oxygens (including phenoxy) is 1. The van der Waals surface area contributed by atoms with Crippen LogP contribution in [0.15, 0.2) is 0 Å². The van der Waals surface area contributed by atoms with E-state index in [2.05, 4.69) is 0 Å². The Bertz CT molecular complexity index is 305. The van der Waals surface area contributed by atoms with Gasteiger partial charge in [-0.3, -0.25) is 0 Å². The molecule has 1 rings (SSSR count). The van der Waals surface area contributed by atoms with Crippen molar-refractivity contribution in [2.75, 3.05) is 18.9 Å². The molecule has 0 saturated heterocycles. The van der Waals surface area contributed by atoms with Gasteiger partial charge in [-0.2, -0.15) is 0 Å². The summed E-state index contributed by atoms with van der Waals surface area (Å²) in [4.78, 5) is 0. The molecule has 1 fully saturated rings. The van der Waals surface area contributed by atoms with Gasteiger partial charge in [-0.15, -0.1) is 0 Å². The lowest BCUT2D eigenvalue weighted by atomic mass is 10.0. The molecule has 16 heavy (non-hydrogen) atoms. The Hall–Kier alpha value is -0.130. The first-order valence-corrected chi connectivity index (χ1v) is 7.69. The fraction of sp³-hybridized carbons (Fsp3) is 1.00. The number of sulfone groups is 1. The Morgan fingerprint density at radius 1 is 1.31 bits per heavy atom. The second-order valence-electron chi connectivity index (χ2n) is 4.86. The molecule has 1 saturated carbocycles. The Balaban J connectivity index is 2.40. The van der Waals surface area contributed by atoms with Crippen LogP contribution >= 0.6 is 0 Å². The molecule has 4 nitrogen and oxygen atoms in total. The molecule has 0 heterocycles. The molecule has 0 spiro atoms. The van der Waals surface area contributed by atoms with Crippen LogP contribution in [0.25, 0.3) is 0 Å². The average Bonchev–Trinajstić information content (AvgIpc) is 2.67. The van der Waals surface area contributed by atoms with Crippen LogP contribution in [0.2, 0.25) is 0 Å². The third kappa shape index (κ3) is 3.43. The highest BCUT2D eigenvalue weighted by Crippen LogP contribution is 2.32. The summed E-state index contributed by atoms with van der Waals surface area (Å²) in [6, 6.07) is 0. The zero-order valence-electron chi connectivity index (χ0n) is 10.2. The quantitative estimate of drug-likeness (QED) is 0.765. The van der Waals surface area contributed by atoms with Crippen molar-refractivity contribution in [2.24, 2.45) is 5.73 Å². The van der Waals surface area contributed by atoms with Gasteiger partial charge in [0.2, 0.25) is 0 Å². The summed E-state index contributed by atoms with van der Waals surface area (Å²) in [5.74, 6) is 0.104. The maximum absolute atomic E-state index is 11.6. The van der Waals surface area contributed by atoms with Gasteiger partial charge in [0.25, 0.3) is 0 Å². The van der Waals surface area contributed by atoms with Crippen LogP contribution in [-0.2, 0) is 14.6 Å². The highest BCUT2D eigenvalue weighted by Gasteiger charge is 2.33. The van der Waals surface area contributed by atoms with E-state index >= 15 is 0 Å². The van der Waals surface area contributed by atoms with Gasteiger partial charge in [-0.1, -0.05) is 12.8 Å². The smallest absolute Gasteiger partial charge is 0.154 e. The summed E-state index contributed by atoms with van der Waals surface area (Å²) in [7, 11) is -2.99. The molecular formula is C11H23NO3S. The summed E-state index contributed by atoms with van der Waals surface area (Å²) in [5.41, 5.74) is 5.46. The van der Waals surface area contributed by atoms with Crippen molar-refractivity contribution in [3.63, 3.8) is 0 Å². The molecule has 0 aromatic carbocycles. The molecule has 0 radical (unpaired) electrons. The zero-order valence-corrected chi connectivity index (χ0v) is 11.1. The lowest BCUT2D eigenvalue weighted by Gasteiger charge is -2.27. The van der Waals surface area contributed by atoms with E-state index in [9.17, 15) is 8.42 Å². The van der Waals surface area contributed by atoms with E-state index in [1.54, 1.807) is 13.8 Å². The molecule has 1 aliphatic rings. The van der Waals surface area contributed by atoms with Gasteiger partial charge in [-0.25, -0.2) is 8.42 Å². The summed E-state index contributed by atoms with van der Waals surface area (Å²) >= 11 is 0. The SMILES string of the molecule is CC(C)S(=O)(=O)CCOC1(CN)CCCC1. The molecule has 0 unspecified atom stereocenters. The van der Waals surface area contributed by atoms with Crippen LogP contribution in [0.1, 0.15) is 39.5 Å². The molecule has 2 N–H and O–H groups in total. The predicted molar refractivity (Wildman–Crippen MR) is 65.1 cm³/mol. The van der Waals surface area contributed by atoms with Crippen molar-refractivity contribution in [1.29, 1.82) is 0 Å². The van der Waals surface area contributed by atoms with E-state index < -0.39 is 9.84 Å². The van der Waals surface area contributed by atoms with Gasteiger partial charge in [-0.05, 0) is 26.7 Å². The number of hydrogen-bond donors (Lipinski definition) is 1. The average molecular weight is 249 g/mol. The van der Waals surface area contributed by atoms with Crippen molar-refractivity contribution in [1.82, 2.24) is 0 Å². The van der Waals surface area contributed by atoms with Crippen LogP contribution in [0, 0.1) is 0 Å². The van der Waals surface area contributed by atoms with Crippen LogP contribution in [0.5, 0.6) is 0 Å². The summed E-state index contributed by atoms with van der Waals surface area (Å²) in [6.07, 6.45) is 4.19. The van der Waals surface area contributed by atoms with Crippen molar-refractivity contribution in [3.05, 3.63) is 0 Å². The van der Waals surface area contributed by atoms with E-state index in [0.717, 1.165) is 25.7 Å². The molecule has 0 aromatic heterocycles. The maximum atomic E-state index is 11.6. The zero-order chi connectivity index (χ0) is 12.2. The predicted octanol–water partition coefficient (Wildman–Crippen LogP) is 1.10. The molecule has 96 valence electrons. The van der Waals surface area contributed by atoms with Gasteiger partial charge in [0.15, 0.2) is 9.84 Å². The van der Waals surface area contributed by atoms with Gasteiger partial charge in [0, 0.05) is 6.54 Å². The first-order chi connectivity index (χ1) is 7.42. The second-order valence-corrected chi connectivity index (χ2v) is 7.54. The van der Waals surface area contributed by atoms with E-state index in [1.165, 1.54) is 0 Å². The third-order valence-corrected chi connectivity index (χ3v) is 5.55. The van der Waals surface area contributed by atoms with Crippen LogP contribution in [-0.4, -0.2) is 38.2 Å². The normalized spacial score (nSPS) is 20.5. The molecule has 5 heteroatoms. The van der Waals surface area contributed by atoms with Crippen molar-refractivity contribution >= 4 is 9.84 Å². The Morgan fingerprint density at radius 3 is 2.31 bits per heavy atom. The number of rotatable bonds is 6. The monoisotopic (exact) mass is 249 g/mol. The fourth-order valence-electron chi connectivity index (χ4n) is 2.04. The van der Waals surface area contributed by atoms with E-state index in [0.29, 0.717) is 6.54 Å². The fourth-order valence-corrected chi connectivity index (χ4v) is 2.82. The molecule has 0 bridgehead atoms. The minimum atomic E-state index is -2.99. The van der Waals surface area contributed by atoms with Gasteiger partial charge in [0.05, 0.1) is 23.2 Å². The first kappa shape index (κ1) is 13.9. The summed E-state index contributed by atoms with van der Waals surface area (Å²) < 4.78 is 28.9. The van der Waals surface area contributed by atoms with Crippen LogP contribution < -0.4 is 5.73 Å². The second kappa shape index (κ2) is 5.47. The lowest BCUT2D eigenvalue weighted by molar-refractivity contribution is -0.0255. The third-order valence-electron chi connectivity index (χ3n) is 3.38. The highest BCUT2D eigenvalue weighted by atomic mass is 32.2. The van der Waals surface area contributed by atoms with Gasteiger partial charge >= 0.3 is 0 Å². The van der Waals surface area contributed by atoms with Crippen LogP contribution in [0.3, 0.4) is 0 Å². The van der Waals surface area contributed by atoms with Crippen LogP contribution in [0.4, 0.5) is 0 Å². The van der Waals surface area contributed by atoms with E-state index in [1.807, 2.05) is 0 Å². The molecule has 0 aromatic rings. The van der Waals surface area contributed by atoms with Crippen molar-refractivity contribution < 1.29 is 13.2 Å². The first-order valence-electron chi connectivity index (χ1n) is 5.97. The van der Waals surface area contributed by atoms with Crippen molar-refractivity contribution in [2.45, 2.75) is 50.4 Å². The lowest BCUT2D eigenvalue weighted by Crippen LogP contribution is -2.39. The highest BCUT2D eigenvalue weighted by molar-refractivity contribution is 7.91. The molecule has 0 atom stereocenters. The largest absolute Gasteiger partial charge is 0.373 e. The summed E-state index contributed by atoms with van der Waals surface area (Å²) in [5, 5.41) is -0.325. The van der Waals surface area contributed by atoms with Crippen molar-refractivity contribution in [3.8, 4) is 0 Å². The maximum Gasteiger partial charge on any atom is 0.154 e. The van der Waals surface area contributed by atoms with Gasteiger partial charge < -0.3 is 10.5 Å². The topological polar surface area (TPSA) is 69.4 Å². The van der Waals surface area contributed by atoms with E-state index in [-0.39, 0.29) is 23.2 Å². The Kier molecular flexibility index (Phi) is 4.76. The summed E-state index contributed by atoms with van der Waals surface area (Å²) in [6.45, 7) is 4.17. The van der Waals surface area contributed by atoms with E-state index in [4.69, 9.17) is 10.5 Å². The number of hydrogen-bond acceptors (Lipinski definition) is 4. The Labute approximate surface area is 98.5 Å². The Morgan fingerprint density at radius 2 is 1.88 bits per heavy atom. The molecule has 1 aliphatic carbocycles. The minimum Gasteiger partial charge on any atom is -0.373 e. The molecule has 0 aliphatic heterocycles. The molecule has 0 amide bonds. The molecular weight excluding hydrogens is 226 g/mol. The van der Waals surface area contributed by atoms with Gasteiger partial charge in [0.1, 0.15) is 0 Å². The number of nitrogens with two attached hydrogens (primary N) is 1.